The van der Waals surface area contributed by atoms with Crippen molar-refractivity contribution in [2.45, 2.75) is 26.2 Å². The van der Waals surface area contributed by atoms with E-state index in [1.54, 1.807) is 0 Å². The molecule has 3 heterocycles. The Labute approximate surface area is 324 Å². The second-order valence-electron chi connectivity index (χ2n) is 15.8. The maximum Gasteiger partial charge on any atom is 0.0634 e. The van der Waals surface area contributed by atoms with Gasteiger partial charge in [-0.2, -0.15) is 0 Å². The van der Waals surface area contributed by atoms with Crippen LogP contribution in [0.2, 0.25) is 0 Å². The maximum atomic E-state index is 2.46. The summed E-state index contributed by atoms with van der Waals surface area (Å²) >= 11 is 1.88. The Morgan fingerprint density at radius 3 is 1.49 bits per heavy atom. The highest BCUT2D eigenvalue weighted by Crippen LogP contribution is 2.43. The molecule has 11 aromatic rings. The Bertz CT molecular complexity index is 3260. The van der Waals surface area contributed by atoms with Gasteiger partial charge in [0.2, 0.25) is 0 Å². The van der Waals surface area contributed by atoms with Crippen LogP contribution < -0.4 is 0 Å². The van der Waals surface area contributed by atoms with Gasteiger partial charge in [0.1, 0.15) is 0 Å². The Morgan fingerprint density at radius 1 is 0.382 bits per heavy atom. The first-order valence-electron chi connectivity index (χ1n) is 19.1. The second-order valence-corrected chi connectivity index (χ2v) is 16.9. The summed E-state index contributed by atoms with van der Waals surface area (Å²) in [5.41, 5.74) is 13.6. The van der Waals surface area contributed by atoms with Crippen molar-refractivity contribution in [3.05, 3.63) is 181 Å². The number of rotatable bonds is 4. The molecular formula is C52H38N2S. The highest BCUT2D eigenvalue weighted by molar-refractivity contribution is 7.26. The van der Waals surface area contributed by atoms with E-state index < -0.39 is 0 Å². The summed E-state index contributed by atoms with van der Waals surface area (Å²) in [4.78, 5) is 0. The fraction of sp³-hybridized carbons (Fsp3) is 0.0769. The van der Waals surface area contributed by atoms with E-state index in [4.69, 9.17) is 0 Å². The molecule has 0 amide bonds. The zero-order chi connectivity index (χ0) is 36.8. The molecule has 0 saturated heterocycles. The van der Waals surface area contributed by atoms with Crippen LogP contribution in [0.15, 0.2) is 176 Å². The molecule has 0 aliphatic rings. The van der Waals surface area contributed by atoms with Gasteiger partial charge in [0.05, 0.1) is 22.1 Å². The van der Waals surface area contributed by atoms with E-state index in [1.807, 2.05) is 11.3 Å². The van der Waals surface area contributed by atoms with E-state index >= 15 is 0 Å². The Morgan fingerprint density at radius 2 is 0.873 bits per heavy atom. The van der Waals surface area contributed by atoms with Gasteiger partial charge in [-0.15, -0.1) is 11.3 Å². The van der Waals surface area contributed by atoms with Crippen LogP contribution in [0.5, 0.6) is 0 Å². The van der Waals surface area contributed by atoms with E-state index in [1.165, 1.54) is 103 Å². The zero-order valence-electron chi connectivity index (χ0n) is 31.0. The average molecular weight is 723 g/mol. The lowest BCUT2D eigenvalue weighted by Crippen LogP contribution is -2.10. The molecule has 55 heavy (non-hydrogen) atoms. The summed E-state index contributed by atoms with van der Waals surface area (Å²) in [5, 5.41) is 7.84. The minimum atomic E-state index is 0.0962. The largest absolute Gasteiger partial charge is 0.309 e. The fourth-order valence-electron chi connectivity index (χ4n) is 8.71. The van der Waals surface area contributed by atoms with Crippen LogP contribution >= 0.6 is 11.3 Å². The number of benzene rings is 8. The highest BCUT2D eigenvalue weighted by atomic mass is 32.1. The average Bonchev–Trinajstić information content (AvgIpc) is 3.88. The molecule has 0 saturated carbocycles. The summed E-state index contributed by atoms with van der Waals surface area (Å²) in [6.45, 7) is 6.85. The number of thiophene rings is 1. The first kappa shape index (κ1) is 32.0. The number of nitrogens with zero attached hydrogens (tertiary/aromatic N) is 2. The van der Waals surface area contributed by atoms with Crippen LogP contribution in [0.25, 0.3) is 97.4 Å². The number of fused-ring (bicyclic) bond motifs is 10. The molecular weight excluding hydrogens is 685 g/mol. The molecule has 0 radical (unpaired) electrons. The molecule has 0 atom stereocenters. The zero-order valence-corrected chi connectivity index (χ0v) is 31.9. The number of hydrogen-bond donors (Lipinski definition) is 0. The molecule has 2 nitrogen and oxygen atoms in total. The molecule has 262 valence electrons. The van der Waals surface area contributed by atoms with Crippen molar-refractivity contribution >= 4 is 75.1 Å². The predicted octanol–water partition coefficient (Wildman–Crippen LogP) is 14.9. The maximum absolute atomic E-state index is 2.46. The van der Waals surface area contributed by atoms with Crippen LogP contribution in [0.3, 0.4) is 0 Å². The molecule has 0 aliphatic heterocycles. The van der Waals surface area contributed by atoms with Crippen molar-refractivity contribution in [1.29, 1.82) is 0 Å². The third-order valence-electron chi connectivity index (χ3n) is 11.5. The molecule has 0 unspecified atom stereocenters. The van der Waals surface area contributed by atoms with Crippen LogP contribution in [-0.2, 0) is 5.41 Å². The molecule has 0 fully saturated rings. The Balaban J connectivity index is 0.927. The van der Waals surface area contributed by atoms with Crippen LogP contribution in [0.1, 0.15) is 26.3 Å². The van der Waals surface area contributed by atoms with Gasteiger partial charge in [0.25, 0.3) is 0 Å². The lowest BCUT2D eigenvalue weighted by atomic mass is 9.86. The lowest BCUT2D eigenvalue weighted by molar-refractivity contribution is 0.591. The van der Waals surface area contributed by atoms with Crippen molar-refractivity contribution in [2.75, 3.05) is 0 Å². The topological polar surface area (TPSA) is 9.86 Å². The number of hydrogen-bond acceptors (Lipinski definition) is 1. The fourth-order valence-corrected chi connectivity index (χ4v) is 9.82. The molecule has 3 heteroatoms. The smallest absolute Gasteiger partial charge is 0.0634 e. The molecule has 8 aromatic carbocycles. The molecule has 0 spiro atoms. The summed E-state index contributed by atoms with van der Waals surface area (Å²) in [6.07, 6.45) is 0. The highest BCUT2D eigenvalue weighted by Gasteiger charge is 2.19. The van der Waals surface area contributed by atoms with Crippen molar-refractivity contribution in [3.63, 3.8) is 0 Å². The Hall–Kier alpha value is -6.42. The van der Waals surface area contributed by atoms with Gasteiger partial charge in [0.15, 0.2) is 0 Å². The monoisotopic (exact) mass is 722 g/mol. The standard InChI is InChI=1S/C52H38N2S/c1-52(2,3)37-24-30-47-44(32-37)41-11-5-7-13-45(41)53(47)38-25-20-35(21-26-38)33-16-18-34(19-17-33)36-22-27-39(28-23-36)54-46-14-8-4-10-40(46)42-29-31-49-50(51(42)54)43-12-6-9-15-48(43)55-49/h4-32H,1-3H3. The summed E-state index contributed by atoms with van der Waals surface area (Å²) in [7, 11) is 0. The Kier molecular flexibility index (Phi) is 7.02. The van der Waals surface area contributed by atoms with Crippen molar-refractivity contribution in [3.8, 4) is 33.6 Å². The number of aromatic nitrogens is 2. The van der Waals surface area contributed by atoms with Gasteiger partial charge in [-0.1, -0.05) is 136 Å². The van der Waals surface area contributed by atoms with Crippen molar-refractivity contribution < 1.29 is 0 Å². The summed E-state index contributed by atoms with van der Waals surface area (Å²) in [5.74, 6) is 0. The molecule has 3 aromatic heterocycles. The van der Waals surface area contributed by atoms with Gasteiger partial charge >= 0.3 is 0 Å². The van der Waals surface area contributed by atoms with Crippen molar-refractivity contribution in [1.82, 2.24) is 9.13 Å². The van der Waals surface area contributed by atoms with Gasteiger partial charge < -0.3 is 9.13 Å². The predicted molar refractivity (Wildman–Crippen MR) is 238 cm³/mol. The lowest BCUT2D eigenvalue weighted by Gasteiger charge is -2.19. The van der Waals surface area contributed by atoms with Gasteiger partial charge in [-0.05, 0) is 93.9 Å². The third kappa shape index (κ3) is 5.00. The van der Waals surface area contributed by atoms with E-state index in [-0.39, 0.29) is 5.41 Å². The quantitative estimate of drug-likeness (QED) is 0.171. The van der Waals surface area contributed by atoms with Gasteiger partial charge in [-0.3, -0.25) is 0 Å². The van der Waals surface area contributed by atoms with Crippen LogP contribution in [0, 0.1) is 0 Å². The van der Waals surface area contributed by atoms with Crippen molar-refractivity contribution in [2.24, 2.45) is 0 Å². The summed E-state index contributed by atoms with van der Waals surface area (Å²) in [6, 6.07) is 65.0. The van der Waals surface area contributed by atoms with E-state index in [2.05, 4.69) is 206 Å². The number of para-hydroxylation sites is 2. The molecule has 0 bridgehead atoms. The minimum absolute atomic E-state index is 0.0962. The molecule has 0 aliphatic carbocycles. The molecule has 0 N–H and O–H groups in total. The van der Waals surface area contributed by atoms with Gasteiger partial charge in [0, 0.05) is 53.1 Å². The normalized spacial score (nSPS) is 12.3. The second kappa shape index (κ2) is 12.0. The molecule has 11 rings (SSSR count). The van der Waals surface area contributed by atoms with Crippen LogP contribution in [-0.4, -0.2) is 9.13 Å². The van der Waals surface area contributed by atoms with E-state index in [9.17, 15) is 0 Å². The van der Waals surface area contributed by atoms with Crippen LogP contribution in [0.4, 0.5) is 0 Å². The van der Waals surface area contributed by atoms with Gasteiger partial charge in [-0.25, -0.2) is 0 Å². The van der Waals surface area contributed by atoms with E-state index in [0.717, 1.165) is 0 Å². The third-order valence-corrected chi connectivity index (χ3v) is 12.7. The van der Waals surface area contributed by atoms with E-state index in [0.29, 0.717) is 0 Å². The first-order chi connectivity index (χ1) is 26.9. The minimum Gasteiger partial charge on any atom is -0.309 e. The first-order valence-corrected chi connectivity index (χ1v) is 19.9. The summed E-state index contributed by atoms with van der Waals surface area (Å²) < 4.78 is 7.52. The SMILES string of the molecule is CC(C)(C)c1ccc2c(c1)c1ccccc1n2-c1ccc(-c2ccc(-c3ccc(-n4c5ccccc5c5ccc6sc7ccccc7c6c54)cc3)cc2)cc1.